The maximum Gasteiger partial charge on any atom is 0.414 e. The molecule has 2 aromatic heterocycles. The summed E-state index contributed by atoms with van der Waals surface area (Å²) in [7, 11) is 0. The number of nitrogens with one attached hydrogen (secondary N) is 1. The topological polar surface area (TPSA) is 108 Å². The van der Waals surface area contributed by atoms with Crippen LogP contribution < -0.4 is 10.2 Å². The fraction of sp³-hybridized carbons (Fsp3) is 0.227. The van der Waals surface area contributed by atoms with Gasteiger partial charge < -0.3 is 10.1 Å². The molecule has 4 rings (SSSR count). The minimum Gasteiger partial charge on any atom is -0.442 e. The molecular weight excluding hydrogens is 433 g/mol. The molecule has 8 nitrogen and oxygen atoms in total. The van der Waals surface area contributed by atoms with Crippen LogP contribution in [0, 0.1) is 17.1 Å². The lowest BCUT2D eigenvalue weighted by Crippen LogP contribution is -2.33. The van der Waals surface area contributed by atoms with Crippen molar-refractivity contribution in [3.8, 4) is 27.9 Å². The summed E-state index contributed by atoms with van der Waals surface area (Å²) in [6.07, 6.45) is 0.722. The van der Waals surface area contributed by atoms with Gasteiger partial charge in [0.15, 0.2) is 0 Å². The summed E-state index contributed by atoms with van der Waals surface area (Å²) in [6, 6.07) is 10.1. The highest BCUT2D eigenvalue weighted by atomic mass is 32.1. The second kappa shape index (κ2) is 9.11. The second-order valence-electron chi connectivity index (χ2n) is 7.13. The Bertz CT molecular complexity index is 1210. The van der Waals surface area contributed by atoms with Gasteiger partial charge in [-0.15, -0.1) is 11.3 Å². The number of pyridine rings is 1. The highest BCUT2D eigenvalue weighted by Gasteiger charge is 2.32. The van der Waals surface area contributed by atoms with Gasteiger partial charge in [-0.2, -0.15) is 5.26 Å². The molecule has 1 saturated heterocycles. The first-order chi connectivity index (χ1) is 15.4. The molecule has 1 atom stereocenters. The van der Waals surface area contributed by atoms with Crippen molar-refractivity contribution in [3.05, 3.63) is 53.4 Å². The zero-order valence-corrected chi connectivity index (χ0v) is 17.9. The van der Waals surface area contributed by atoms with E-state index in [0.29, 0.717) is 33.2 Å². The lowest BCUT2D eigenvalue weighted by atomic mass is 10.1. The molecule has 1 fully saturated rings. The van der Waals surface area contributed by atoms with Crippen LogP contribution in [-0.4, -0.2) is 41.2 Å². The summed E-state index contributed by atoms with van der Waals surface area (Å²) in [4.78, 5) is 33.3. The molecule has 3 aromatic rings. The molecule has 1 aliphatic rings. The molecule has 3 heterocycles. The van der Waals surface area contributed by atoms with Gasteiger partial charge in [0.25, 0.3) is 0 Å². The first-order valence-electron chi connectivity index (χ1n) is 9.75. The van der Waals surface area contributed by atoms with E-state index >= 15 is 0 Å². The number of nitrogens with zero attached hydrogens (tertiary/aromatic N) is 4. The first-order valence-corrected chi connectivity index (χ1v) is 10.6. The number of benzene rings is 1. The number of hydrogen-bond acceptors (Lipinski definition) is 7. The number of thiazole rings is 1. The summed E-state index contributed by atoms with van der Waals surface area (Å²) >= 11 is 1.40. The van der Waals surface area contributed by atoms with E-state index in [9.17, 15) is 14.0 Å². The second-order valence-corrected chi connectivity index (χ2v) is 7.99. The molecule has 0 unspecified atom stereocenters. The van der Waals surface area contributed by atoms with Crippen LogP contribution in [0.1, 0.15) is 12.6 Å². The lowest BCUT2D eigenvalue weighted by molar-refractivity contribution is -0.119. The highest BCUT2D eigenvalue weighted by molar-refractivity contribution is 7.13. The lowest BCUT2D eigenvalue weighted by Gasteiger charge is -2.14. The Balaban J connectivity index is 1.49. The molecule has 0 saturated carbocycles. The van der Waals surface area contributed by atoms with Crippen molar-refractivity contribution in [2.75, 3.05) is 18.0 Å². The van der Waals surface area contributed by atoms with Gasteiger partial charge in [0.05, 0.1) is 42.7 Å². The molecule has 1 aliphatic heterocycles. The number of nitriles is 1. The van der Waals surface area contributed by atoms with Crippen LogP contribution in [0.4, 0.5) is 14.9 Å². The Morgan fingerprint density at radius 3 is 2.94 bits per heavy atom. The standard InChI is InChI=1S/C22H18FN5O3S/c1-13(29)25-10-17-11-28(22(30)31-17)16-3-4-18(19(23)8-16)14-2-5-20(26-9-14)21-27-15(6-7-24)12-32-21/h2-5,8-9,12,17H,6,10-11H2,1H3,(H,25,29)/t17-/m0/s1. The number of aromatic nitrogens is 2. The zero-order valence-electron chi connectivity index (χ0n) is 17.0. The Hall–Kier alpha value is -3.84. The normalized spacial score (nSPS) is 15.3. The zero-order chi connectivity index (χ0) is 22.7. The quantitative estimate of drug-likeness (QED) is 0.614. The summed E-state index contributed by atoms with van der Waals surface area (Å²) < 4.78 is 20.1. The van der Waals surface area contributed by atoms with E-state index in [1.54, 1.807) is 30.5 Å². The van der Waals surface area contributed by atoms with Crippen LogP contribution in [0.15, 0.2) is 41.9 Å². The molecule has 1 aromatic carbocycles. The van der Waals surface area contributed by atoms with E-state index in [0.717, 1.165) is 0 Å². The van der Waals surface area contributed by atoms with Crippen LogP contribution >= 0.6 is 11.3 Å². The maximum absolute atomic E-state index is 14.9. The van der Waals surface area contributed by atoms with Gasteiger partial charge in [-0.05, 0) is 24.3 Å². The summed E-state index contributed by atoms with van der Waals surface area (Å²) in [6.45, 7) is 1.80. The van der Waals surface area contributed by atoms with Gasteiger partial charge in [-0.1, -0.05) is 6.07 Å². The van der Waals surface area contributed by atoms with Crippen molar-refractivity contribution in [1.82, 2.24) is 15.3 Å². The smallest absolute Gasteiger partial charge is 0.414 e. The van der Waals surface area contributed by atoms with Crippen LogP contribution in [0.25, 0.3) is 21.8 Å². The minimum absolute atomic E-state index is 0.202. The third-order valence-electron chi connectivity index (χ3n) is 4.82. The number of carbonyl (C=O) groups is 2. The number of cyclic esters (lactones) is 1. The Morgan fingerprint density at radius 1 is 1.41 bits per heavy atom. The van der Waals surface area contributed by atoms with Crippen molar-refractivity contribution in [1.29, 1.82) is 5.26 Å². The Labute approximate surface area is 187 Å². The van der Waals surface area contributed by atoms with Crippen LogP contribution in [-0.2, 0) is 16.0 Å². The van der Waals surface area contributed by atoms with E-state index in [1.165, 1.54) is 29.2 Å². The number of amides is 2. The maximum atomic E-state index is 14.9. The molecule has 0 spiro atoms. The number of hydrogen-bond donors (Lipinski definition) is 1. The van der Waals surface area contributed by atoms with Gasteiger partial charge in [-0.25, -0.2) is 14.2 Å². The number of rotatable bonds is 6. The third-order valence-corrected chi connectivity index (χ3v) is 5.74. The molecule has 32 heavy (non-hydrogen) atoms. The largest absolute Gasteiger partial charge is 0.442 e. The molecule has 1 N–H and O–H groups in total. The predicted molar refractivity (Wildman–Crippen MR) is 116 cm³/mol. The van der Waals surface area contributed by atoms with Crippen molar-refractivity contribution in [3.63, 3.8) is 0 Å². The van der Waals surface area contributed by atoms with Crippen LogP contribution in [0.2, 0.25) is 0 Å². The Kier molecular flexibility index (Phi) is 6.09. The third kappa shape index (κ3) is 4.58. The van der Waals surface area contributed by atoms with Gasteiger partial charge in [0.2, 0.25) is 5.91 Å². The monoisotopic (exact) mass is 451 g/mol. The molecule has 0 bridgehead atoms. The van der Waals surface area contributed by atoms with Gasteiger partial charge in [-0.3, -0.25) is 14.7 Å². The number of anilines is 1. The SMILES string of the molecule is CC(=O)NC[C@H]1CN(c2ccc(-c3ccc(-c4nc(CC#N)cs4)nc3)c(F)c2)C(=O)O1. The number of halogens is 1. The van der Waals surface area contributed by atoms with Crippen molar-refractivity contribution in [2.45, 2.75) is 19.4 Å². The van der Waals surface area contributed by atoms with E-state index < -0.39 is 18.0 Å². The number of carbonyl (C=O) groups excluding carboxylic acids is 2. The van der Waals surface area contributed by atoms with Crippen LogP contribution in [0.5, 0.6) is 0 Å². The highest BCUT2D eigenvalue weighted by Crippen LogP contribution is 2.30. The van der Waals surface area contributed by atoms with E-state index in [1.807, 2.05) is 5.38 Å². The molecule has 0 aliphatic carbocycles. The molecule has 0 radical (unpaired) electrons. The van der Waals surface area contributed by atoms with Crippen molar-refractivity contribution >= 4 is 29.0 Å². The molecular formula is C22H18FN5O3S. The van der Waals surface area contributed by atoms with Gasteiger partial charge >= 0.3 is 6.09 Å². The average Bonchev–Trinajstić information content (AvgIpc) is 3.39. The molecule has 10 heteroatoms. The van der Waals surface area contributed by atoms with Crippen LogP contribution in [0.3, 0.4) is 0 Å². The van der Waals surface area contributed by atoms with Gasteiger partial charge in [0, 0.05) is 29.6 Å². The Morgan fingerprint density at radius 2 is 2.25 bits per heavy atom. The minimum atomic E-state index is -0.585. The molecule has 2 amide bonds. The predicted octanol–water partition coefficient (Wildman–Crippen LogP) is 3.54. The fourth-order valence-electron chi connectivity index (χ4n) is 3.27. The van der Waals surface area contributed by atoms with E-state index in [-0.39, 0.29) is 25.4 Å². The fourth-order valence-corrected chi connectivity index (χ4v) is 4.06. The average molecular weight is 451 g/mol. The summed E-state index contributed by atoms with van der Waals surface area (Å²) in [5.74, 6) is -0.715. The molecule has 162 valence electrons. The van der Waals surface area contributed by atoms with Crippen molar-refractivity contribution < 1.29 is 18.7 Å². The number of ether oxygens (including phenoxy) is 1. The van der Waals surface area contributed by atoms with Crippen molar-refractivity contribution in [2.24, 2.45) is 0 Å². The first kappa shape index (κ1) is 21.4. The van der Waals surface area contributed by atoms with E-state index in [4.69, 9.17) is 10.00 Å². The summed E-state index contributed by atoms with van der Waals surface area (Å²) in [5.41, 5.74) is 2.64. The van der Waals surface area contributed by atoms with E-state index in [2.05, 4.69) is 21.4 Å². The van der Waals surface area contributed by atoms with Gasteiger partial charge in [0.1, 0.15) is 16.9 Å². The summed E-state index contributed by atoms with van der Waals surface area (Å²) in [5, 5.41) is 13.9.